The second kappa shape index (κ2) is 5.92. The molecule has 2 heterocycles. The number of anilines is 1. The van der Waals surface area contributed by atoms with Gasteiger partial charge >= 0.3 is 0 Å². The van der Waals surface area contributed by atoms with E-state index in [9.17, 15) is 9.18 Å². The zero-order valence-corrected chi connectivity index (χ0v) is 13.1. The van der Waals surface area contributed by atoms with Crippen molar-refractivity contribution in [3.63, 3.8) is 0 Å². The Bertz CT molecular complexity index is 850. The molecule has 0 fully saturated rings. The Balaban J connectivity index is 1.83. The van der Waals surface area contributed by atoms with Crippen LogP contribution in [0.25, 0.3) is 5.57 Å². The van der Waals surface area contributed by atoms with Crippen LogP contribution < -0.4 is 5.32 Å². The number of rotatable bonds is 4. The Morgan fingerprint density at radius 3 is 2.96 bits per heavy atom. The second-order valence-electron chi connectivity index (χ2n) is 5.03. The number of hydrogen-bond acceptors (Lipinski definition) is 6. The molecule has 0 saturated heterocycles. The molecule has 1 aromatic heterocycles. The van der Waals surface area contributed by atoms with Crippen molar-refractivity contribution in [2.75, 3.05) is 5.32 Å². The van der Waals surface area contributed by atoms with E-state index in [1.807, 2.05) is 0 Å². The molecule has 0 saturated carbocycles. The van der Waals surface area contributed by atoms with Crippen LogP contribution in [-0.2, 0) is 6.54 Å². The molecular formula is C16H13FN4OS. The van der Waals surface area contributed by atoms with Gasteiger partial charge in [-0.05, 0) is 24.6 Å². The zero-order chi connectivity index (χ0) is 16.6. The van der Waals surface area contributed by atoms with Crippen molar-refractivity contribution in [2.24, 2.45) is 0 Å². The first-order chi connectivity index (χ1) is 11.0. The van der Waals surface area contributed by atoms with Gasteiger partial charge in [0.1, 0.15) is 23.0 Å². The van der Waals surface area contributed by atoms with E-state index in [-0.39, 0.29) is 11.3 Å². The van der Waals surface area contributed by atoms with Crippen LogP contribution in [-0.4, -0.2) is 20.8 Å². The third-order valence-corrected chi connectivity index (χ3v) is 4.48. The van der Waals surface area contributed by atoms with Crippen LogP contribution >= 0.6 is 11.8 Å². The van der Waals surface area contributed by atoms with Crippen molar-refractivity contribution in [1.82, 2.24) is 9.97 Å². The molecule has 1 aliphatic heterocycles. The first-order valence-electron chi connectivity index (χ1n) is 6.81. The highest BCUT2D eigenvalue weighted by Gasteiger charge is 2.25. The fourth-order valence-corrected chi connectivity index (χ4v) is 3.14. The lowest BCUT2D eigenvalue weighted by Gasteiger charge is -2.09. The lowest BCUT2D eigenvalue weighted by Crippen LogP contribution is -2.06. The molecule has 0 unspecified atom stereocenters. The molecule has 0 amide bonds. The van der Waals surface area contributed by atoms with Crippen LogP contribution in [0.2, 0.25) is 0 Å². The van der Waals surface area contributed by atoms with Gasteiger partial charge in [-0.15, -0.1) is 0 Å². The normalized spacial score (nSPS) is 13.1. The van der Waals surface area contributed by atoms with Crippen molar-refractivity contribution in [2.45, 2.75) is 18.4 Å². The SMILES string of the molecule is C=C1C(=N)Sc2c(NCc3ccc(F)c(C(C)=O)c3)ncnc21. The van der Waals surface area contributed by atoms with Crippen molar-refractivity contribution >= 4 is 34.0 Å². The minimum absolute atomic E-state index is 0.0711. The molecule has 3 rings (SSSR count). The van der Waals surface area contributed by atoms with E-state index in [0.29, 0.717) is 28.7 Å². The number of aromatic nitrogens is 2. The summed E-state index contributed by atoms with van der Waals surface area (Å²) in [5.74, 6) is -0.242. The average Bonchev–Trinajstić information content (AvgIpc) is 2.82. The Kier molecular flexibility index (Phi) is 3.96. The maximum absolute atomic E-state index is 13.6. The van der Waals surface area contributed by atoms with Gasteiger partial charge in [-0.1, -0.05) is 24.4 Å². The van der Waals surface area contributed by atoms with Gasteiger partial charge in [-0.2, -0.15) is 0 Å². The largest absolute Gasteiger partial charge is 0.365 e. The fourth-order valence-electron chi connectivity index (χ4n) is 2.22. The molecule has 7 heteroatoms. The summed E-state index contributed by atoms with van der Waals surface area (Å²) >= 11 is 1.25. The molecule has 0 atom stereocenters. The molecule has 0 aliphatic carbocycles. The highest BCUT2D eigenvalue weighted by molar-refractivity contribution is 8.15. The van der Waals surface area contributed by atoms with Gasteiger partial charge in [0, 0.05) is 12.1 Å². The maximum Gasteiger partial charge on any atom is 0.162 e. The molecular weight excluding hydrogens is 315 g/mol. The zero-order valence-electron chi connectivity index (χ0n) is 12.3. The Hall–Kier alpha value is -2.54. The van der Waals surface area contributed by atoms with Crippen LogP contribution in [0.1, 0.15) is 28.5 Å². The van der Waals surface area contributed by atoms with Gasteiger partial charge in [0.25, 0.3) is 0 Å². The second-order valence-corrected chi connectivity index (χ2v) is 6.05. The molecule has 5 nitrogen and oxygen atoms in total. The quantitative estimate of drug-likeness (QED) is 0.840. The molecule has 0 spiro atoms. The third-order valence-electron chi connectivity index (χ3n) is 3.44. The number of Topliss-reactive ketones (excluding diaryl/α,β-unsaturated/α-hetero) is 1. The minimum atomic E-state index is -0.524. The number of halogens is 1. The van der Waals surface area contributed by atoms with Crippen LogP contribution in [0.3, 0.4) is 0 Å². The number of benzene rings is 1. The van der Waals surface area contributed by atoms with Gasteiger partial charge in [-0.25, -0.2) is 14.4 Å². The minimum Gasteiger partial charge on any atom is -0.365 e. The first kappa shape index (κ1) is 15.4. The summed E-state index contributed by atoms with van der Waals surface area (Å²) in [6.45, 7) is 5.55. The van der Waals surface area contributed by atoms with E-state index in [4.69, 9.17) is 5.41 Å². The van der Waals surface area contributed by atoms with Gasteiger partial charge in [-0.3, -0.25) is 10.2 Å². The molecule has 2 N–H and O–H groups in total. The number of carbonyl (C=O) groups excluding carboxylic acids is 1. The summed E-state index contributed by atoms with van der Waals surface area (Å²) in [6, 6.07) is 4.43. The topological polar surface area (TPSA) is 78.7 Å². The Morgan fingerprint density at radius 1 is 1.43 bits per heavy atom. The summed E-state index contributed by atoms with van der Waals surface area (Å²) < 4.78 is 13.6. The Labute approximate surface area is 136 Å². The monoisotopic (exact) mass is 328 g/mol. The lowest BCUT2D eigenvalue weighted by molar-refractivity contribution is 0.101. The number of fused-ring (bicyclic) bond motifs is 1. The molecule has 0 radical (unpaired) electrons. The number of hydrogen-bond donors (Lipinski definition) is 2. The van der Waals surface area contributed by atoms with E-state index in [0.717, 1.165) is 10.5 Å². The van der Waals surface area contributed by atoms with Gasteiger partial charge in [0.15, 0.2) is 5.78 Å². The van der Waals surface area contributed by atoms with E-state index < -0.39 is 5.82 Å². The lowest BCUT2D eigenvalue weighted by atomic mass is 10.1. The van der Waals surface area contributed by atoms with E-state index in [1.54, 1.807) is 6.07 Å². The summed E-state index contributed by atoms with van der Waals surface area (Å²) in [5.41, 5.74) is 2.07. The van der Waals surface area contributed by atoms with Gasteiger partial charge < -0.3 is 5.32 Å². The van der Waals surface area contributed by atoms with E-state index in [1.165, 1.54) is 37.1 Å². The van der Waals surface area contributed by atoms with Crippen molar-refractivity contribution in [3.8, 4) is 0 Å². The molecule has 2 aromatic rings. The van der Waals surface area contributed by atoms with E-state index in [2.05, 4.69) is 21.9 Å². The standard InChI is InChI=1S/C16H13FN4OS/c1-8-13-14(23-15(8)18)16(21-7-20-13)19-6-10-3-4-12(17)11(5-10)9(2)22/h3-5,7,18H,1,6H2,2H3,(H,19,20,21). The smallest absolute Gasteiger partial charge is 0.162 e. The van der Waals surface area contributed by atoms with Crippen LogP contribution in [0.4, 0.5) is 10.2 Å². The molecule has 1 aromatic carbocycles. The summed E-state index contributed by atoms with van der Waals surface area (Å²) in [7, 11) is 0. The number of thioether (sulfide) groups is 1. The third kappa shape index (κ3) is 2.87. The number of nitrogens with zero attached hydrogens (tertiary/aromatic N) is 2. The van der Waals surface area contributed by atoms with Crippen molar-refractivity contribution in [3.05, 3.63) is 53.7 Å². The summed E-state index contributed by atoms with van der Waals surface area (Å²) in [4.78, 5) is 20.5. The fraction of sp³-hybridized carbons (Fsp3) is 0.125. The molecule has 0 bridgehead atoms. The predicted molar refractivity (Wildman–Crippen MR) is 88.4 cm³/mol. The summed E-state index contributed by atoms with van der Waals surface area (Å²) in [5, 5.41) is 11.3. The molecule has 1 aliphatic rings. The van der Waals surface area contributed by atoms with Crippen LogP contribution in [0, 0.1) is 11.2 Å². The number of nitrogens with one attached hydrogen (secondary N) is 2. The van der Waals surface area contributed by atoms with Gasteiger partial charge in [0.2, 0.25) is 0 Å². The highest BCUT2D eigenvalue weighted by Crippen LogP contribution is 2.41. The maximum atomic E-state index is 13.6. The first-order valence-corrected chi connectivity index (χ1v) is 7.63. The van der Waals surface area contributed by atoms with Crippen molar-refractivity contribution in [1.29, 1.82) is 5.41 Å². The number of ketones is 1. The van der Waals surface area contributed by atoms with Crippen LogP contribution in [0.5, 0.6) is 0 Å². The van der Waals surface area contributed by atoms with Gasteiger partial charge in [0.05, 0.1) is 16.2 Å². The number of carbonyl (C=O) groups is 1. The predicted octanol–water partition coefficient (Wildman–Crippen LogP) is 3.53. The van der Waals surface area contributed by atoms with Crippen LogP contribution in [0.15, 0.2) is 36.0 Å². The van der Waals surface area contributed by atoms with Crippen molar-refractivity contribution < 1.29 is 9.18 Å². The summed E-state index contributed by atoms with van der Waals surface area (Å²) in [6.07, 6.45) is 1.41. The molecule has 116 valence electrons. The Morgan fingerprint density at radius 2 is 2.22 bits per heavy atom. The van der Waals surface area contributed by atoms with E-state index >= 15 is 0 Å². The molecule has 23 heavy (non-hydrogen) atoms. The average molecular weight is 328 g/mol. The highest BCUT2D eigenvalue weighted by atomic mass is 32.2.